The van der Waals surface area contributed by atoms with Crippen molar-refractivity contribution in [3.8, 4) is 11.5 Å². The van der Waals surface area contributed by atoms with Crippen LogP contribution in [0.15, 0.2) is 36.4 Å². The molecule has 4 aromatic rings. The van der Waals surface area contributed by atoms with E-state index in [4.69, 9.17) is 14.5 Å². The molecular formula is C22H20N4O5S2. The Morgan fingerprint density at radius 3 is 2.64 bits per heavy atom. The molecule has 5 rings (SSSR count). The highest BCUT2D eigenvalue weighted by Gasteiger charge is 2.25. The van der Waals surface area contributed by atoms with Crippen molar-refractivity contribution in [1.29, 1.82) is 0 Å². The number of benzene rings is 2. The number of anilines is 1. The van der Waals surface area contributed by atoms with Gasteiger partial charge in [0.1, 0.15) is 0 Å². The number of thiophene rings is 1. The number of nitro benzene ring substituents is 1. The van der Waals surface area contributed by atoms with Gasteiger partial charge in [0, 0.05) is 40.9 Å². The molecule has 0 fully saturated rings. The van der Waals surface area contributed by atoms with Crippen LogP contribution in [0.4, 0.5) is 10.8 Å². The van der Waals surface area contributed by atoms with Gasteiger partial charge in [0.25, 0.3) is 11.6 Å². The van der Waals surface area contributed by atoms with Crippen molar-refractivity contribution in [2.24, 2.45) is 0 Å². The van der Waals surface area contributed by atoms with E-state index >= 15 is 0 Å². The van der Waals surface area contributed by atoms with Crippen LogP contribution in [0.2, 0.25) is 0 Å². The fourth-order valence-corrected chi connectivity index (χ4v) is 5.63. The standard InChI is InChI=1S/C22H20N4O5S2/c1-24(2)6-3-7-25(22-23-15-10-16-17(31-12-30-16)11-19(15)33-22)21(27)20-9-13-8-14(26(28)29)4-5-18(13)32-20/h4-5,8-11H,3,6-7,12H2,1-2H3. The molecule has 1 aliphatic rings. The van der Waals surface area contributed by atoms with Crippen molar-refractivity contribution in [1.82, 2.24) is 9.88 Å². The number of fused-ring (bicyclic) bond motifs is 3. The summed E-state index contributed by atoms with van der Waals surface area (Å²) in [4.78, 5) is 33.3. The second-order valence-electron chi connectivity index (χ2n) is 7.87. The number of nitrogens with zero attached hydrogens (tertiary/aromatic N) is 4. The number of hydrogen-bond donors (Lipinski definition) is 0. The molecule has 2 aromatic heterocycles. The number of rotatable bonds is 7. The number of non-ortho nitro benzene ring substituents is 1. The molecule has 3 heterocycles. The maximum absolute atomic E-state index is 13.6. The third-order valence-electron chi connectivity index (χ3n) is 5.26. The molecule has 0 bridgehead atoms. The van der Waals surface area contributed by atoms with Crippen LogP contribution in [0.25, 0.3) is 20.3 Å². The van der Waals surface area contributed by atoms with Crippen LogP contribution in [0.1, 0.15) is 16.1 Å². The van der Waals surface area contributed by atoms with Gasteiger partial charge in [-0.05, 0) is 39.2 Å². The van der Waals surface area contributed by atoms with E-state index in [1.54, 1.807) is 17.0 Å². The van der Waals surface area contributed by atoms with Gasteiger partial charge < -0.3 is 14.4 Å². The second kappa shape index (κ2) is 8.58. The van der Waals surface area contributed by atoms with Crippen LogP contribution in [-0.2, 0) is 0 Å². The second-order valence-corrected chi connectivity index (χ2v) is 9.97. The Morgan fingerprint density at radius 1 is 1.09 bits per heavy atom. The summed E-state index contributed by atoms with van der Waals surface area (Å²) in [7, 11) is 3.98. The minimum absolute atomic E-state index is 0.00537. The number of hydrogen-bond acceptors (Lipinski definition) is 9. The zero-order chi connectivity index (χ0) is 23.1. The predicted octanol–water partition coefficient (Wildman–Crippen LogP) is 4.75. The third-order valence-corrected chi connectivity index (χ3v) is 7.40. The first-order valence-corrected chi connectivity index (χ1v) is 11.9. The summed E-state index contributed by atoms with van der Waals surface area (Å²) in [6.07, 6.45) is 0.772. The molecule has 170 valence electrons. The summed E-state index contributed by atoms with van der Waals surface area (Å²) < 4.78 is 12.7. The summed E-state index contributed by atoms with van der Waals surface area (Å²) in [5, 5.41) is 12.4. The SMILES string of the molecule is CN(C)CCCN(C(=O)c1cc2cc([N+](=O)[O-])ccc2s1)c1nc2cc3c(cc2s1)OCO3. The topological polar surface area (TPSA) is 98.0 Å². The fraction of sp³-hybridized carbons (Fsp3) is 0.273. The molecule has 0 saturated heterocycles. The largest absolute Gasteiger partial charge is 0.454 e. The van der Waals surface area contributed by atoms with Crippen molar-refractivity contribution >= 4 is 59.7 Å². The Bertz CT molecular complexity index is 1340. The van der Waals surface area contributed by atoms with E-state index in [9.17, 15) is 14.9 Å². The maximum Gasteiger partial charge on any atom is 0.270 e. The number of aromatic nitrogens is 1. The van der Waals surface area contributed by atoms with Crippen molar-refractivity contribution in [3.05, 3.63) is 51.4 Å². The van der Waals surface area contributed by atoms with Crippen molar-refractivity contribution in [2.45, 2.75) is 6.42 Å². The summed E-state index contributed by atoms with van der Waals surface area (Å²) >= 11 is 2.75. The zero-order valence-corrected chi connectivity index (χ0v) is 19.6. The number of carbonyl (C=O) groups is 1. The molecule has 1 amide bonds. The molecule has 0 saturated carbocycles. The van der Waals surface area contributed by atoms with E-state index in [1.165, 1.54) is 34.8 Å². The molecule has 0 aliphatic carbocycles. The zero-order valence-electron chi connectivity index (χ0n) is 17.9. The average Bonchev–Trinajstić information content (AvgIpc) is 3.50. The van der Waals surface area contributed by atoms with Crippen LogP contribution >= 0.6 is 22.7 Å². The molecule has 0 unspecified atom stereocenters. The Hall–Kier alpha value is -3.28. The monoisotopic (exact) mass is 484 g/mol. The van der Waals surface area contributed by atoms with Crippen LogP contribution < -0.4 is 14.4 Å². The Morgan fingerprint density at radius 2 is 1.88 bits per heavy atom. The van der Waals surface area contributed by atoms with Gasteiger partial charge in [-0.3, -0.25) is 19.8 Å². The minimum atomic E-state index is -0.432. The quantitative estimate of drug-likeness (QED) is 0.276. The molecule has 0 N–H and O–H groups in total. The molecule has 33 heavy (non-hydrogen) atoms. The Kier molecular flexibility index (Phi) is 5.60. The first-order chi connectivity index (χ1) is 15.9. The Labute approximate surface area is 196 Å². The lowest BCUT2D eigenvalue weighted by atomic mass is 10.2. The molecule has 0 spiro atoms. The summed E-state index contributed by atoms with van der Waals surface area (Å²) in [6.45, 7) is 1.51. The van der Waals surface area contributed by atoms with E-state index < -0.39 is 4.92 Å². The summed E-state index contributed by atoms with van der Waals surface area (Å²) in [6, 6.07) is 10.1. The first kappa shape index (κ1) is 21.6. The highest BCUT2D eigenvalue weighted by Crippen LogP contribution is 2.40. The van der Waals surface area contributed by atoms with Gasteiger partial charge in [-0.25, -0.2) is 4.98 Å². The van der Waals surface area contributed by atoms with E-state index in [2.05, 4.69) is 4.90 Å². The van der Waals surface area contributed by atoms with Gasteiger partial charge >= 0.3 is 0 Å². The molecular weight excluding hydrogens is 464 g/mol. The smallest absolute Gasteiger partial charge is 0.270 e. The lowest BCUT2D eigenvalue weighted by molar-refractivity contribution is -0.384. The van der Waals surface area contributed by atoms with Crippen LogP contribution in [-0.4, -0.2) is 54.7 Å². The van der Waals surface area contributed by atoms with Crippen molar-refractivity contribution < 1.29 is 19.2 Å². The Balaban J connectivity index is 1.50. The number of thiazole rings is 1. The van der Waals surface area contributed by atoms with E-state index in [1.807, 2.05) is 26.2 Å². The molecule has 1 aliphatic heterocycles. The lowest BCUT2D eigenvalue weighted by Crippen LogP contribution is -2.32. The number of ether oxygens (including phenoxy) is 2. The highest BCUT2D eigenvalue weighted by atomic mass is 32.1. The van der Waals surface area contributed by atoms with Gasteiger partial charge in [-0.15, -0.1) is 11.3 Å². The van der Waals surface area contributed by atoms with Gasteiger partial charge in [0.05, 0.1) is 20.0 Å². The van der Waals surface area contributed by atoms with Crippen molar-refractivity contribution in [3.63, 3.8) is 0 Å². The van der Waals surface area contributed by atoms with Gasteiger partial charge in [0.15, 0.2) is 16.6 Å². The van der Waals surface area contributed by atoms with Crippen LogP contribution in [0.3, 0.4) is 0 Å². The van der Waals surface area contributed by atoms with Crippen LogP contribution in [0, 0.1) is 10.1 Å². The predicted molar refractivity (Wildman–Crippen MR) is 129 cm³/mol. The number of carbonyl (C=O) groups excluding carboxylic acids is 1. The van der Waals surface area contributed by atoms with Gasteiger partial charge in [-0.2, -0.15) is 0 Å². The molecule has 9 nitrogen and oxygen atoms in total. The normalized spacial score (nSPS) is 12.7. The molecule has 0 radical (unpaired) electrons. The maximum atomic E-state index is 13.6. The summed E-state index contributed by atoms with van der Waals surface area (Å²) in [5.74, 6) is 1.15. The lowest BCUT2D eigenvalue weighted by Gasteiger charge is -2.20. The van der Waals surface area contributed by atoms with Gasteiger partial charge in [-0.1, -0.05) is 11.3 Å². The van der Waals surface area contributed by atoms with Gasteiger partial charge in [0.2, 0.25) is 6.79 Å². The van der Waals surface area contributed by atoms with Crippen molar-refractivity contribution in [2.75, 3.05) is 38.9 Å². The van der Waals surface area contributed by atoms with E-state index in [0.717, 1.165) is 27.9 Å². The molecule has 0 atom stereocenters. The number of amides is 1. The highest BCUT2D eigenvalue weighted by molar-refractivity contribution is 7.23. The molecule has 11 heteroatoms. The number of nitro groups is 1. The molecule has 2 aromatic carbocycles. The summed E-state index contributed by atoms with van der Waals surface area (Å²) in [5.41, 5.74) is 0.752. The fourth-order valence-electron chi connectivity index (χ4n) is 3.63. The minimum Gasteiger partial charge on any atom is -0.454 e. The van der Waals surface area contributed by atoms with E-state index in [0.29, 0.717) is 33.4 Å². The van der Waals surface area contributed by atoms with E-state index in [-0.39, 0.29) is 18.4 Å². The average molecular weight is 485 g/mol. The van der Waals surface area contributed by atoms with Crippen LogP contribution in [0.5, 0.6) is 11.5 Å². The third kappa shape index (κ3) is 4.22. The first-order valence-electron chi connectivity index (χ1n) is 10.2.